The molecule has 0 fully saturated rings. The number of nitrogens with zero attached hydrogens (tertiary/aromatic N) is 2. The van der Waals surface area contributed by atoms with E-state index in [2.05, 4.69) is 9.97 Å². The first-order valence-corrected chi connectivity index (χ1v) is 6.32. The second-order valence-electron chi connectivity index (χ2n) is 4.54. The van der Waals surface area contributed by atoms with Crippen molar-refractivity contribution in [1.82, 2.24) is 14.5 Å². The molecule has 0 saturated heterocycles. The predicted molar refractivity (Wildman–Crippen MR) is 75.7 cm³/mol. The zero-order chi connectivity index (χ0) is 13.6. The molecule has 0 saturated carbocycles. The van der Waals surface area contributed by atoms with E-state index in [1.165, 1.54) is 6.07 Å². The molecule has 2 heterocycles. The Morgan fingerprint density at radius 2 is 2.00 bits per heavy atom. The van der Waals surface area contributed by atoms with E-state index in [1.807, 2.05) is 26.0 Å². The van der Waals surface area contributed by atoms with Crippen LogP contribution in [0.3, 0.4) is 0 Å². The Labute approximate surface area is 114 Å². The predicted octanol–water partition coefficient (Wildman–Crippen LogP) is 3.84. The van der Waals surface area contributed by atoms with Gasteiger partial charge in [0.25, 0.3) is 0 Å². The minimum Gasteiger partial charge on any atom is -0.329 e. The summed E-state index contributed by atoms with van der Waals surface area (Å²) in [7, 11) is 0. The average Bonchev–Trinajstić information content (AvgIpc) is 2.68. The number of rotatable bonds is 1. The van der Waals surface area contributed by atoms with Crippen molar-refractivity contribution < 1.29 is 4.39 Å². The number of aryl methyl sites for hydroxylation is 2. The number of aromatic amines is 1. The van der Waals surface area contributed by atoms with Crippen LogP contribution in [0.2, 0.25) is 0 Å². The van der Waals surface area contributed by atoms with Gasteiger partial charge in [0, 0.05) is 5.69 Å². The maximum Gasteiger partial charge on any atom is 0.184 e. The number of H-pyrrole nitrogens is 1. The minimum absolute atomic E-state index is 0.314. The highest BCUT2D eigenvalue weighted by Gasteiger charge is 2.12. The van der Waals surface area contributed by atoms with Crippen molar-refractivity contribution in [2.45, 2.75) is 13.8 Å². The van der Waals surface area contributed by atoms with Crippen LogP contribution in [-0.2, 0) is 0 Å². The van der Waals surface area contributed by atoms with Crippen molar-refractivity contribution in [1.29, 1.82) is 0 Å². The quantitative estimate of drug-likeness (QED) is 0.683. The van der Waals surface area contributed by atoms with Crippen LogP contribution in [0.25, 0.3) is 16.9 Å². The van der Waals surface area contributed by atoms with Crippen molar-refractivity contribution in [2.75, 3.05) is 0 Å². The van der Waals surface area contributed by atoms with Crippen molar-refractivity contribution in [2.24, 2.45) is 0 Å². The van der Waals surface area contributed by atoms with E-state index >= 15 is 0 Å². The van der Waals surface area contributed by atoms with Crippen LogP contribution < -0.4 is 0 Å². The molecule has 0 radical (unpaired) electrons. The molecule has 96 valence electrons. The number of fused-ring (bicyclic) bond motifs is 1. The van der Waals surface area contributed by atoms with Gasteiger partial charge in [-0.3, -0.25) is 4.57 Å². The number of nitrogens with one attached hydrogen (secondary N) is 1. The topological polar surface area (TPSA) is 33.6 Å². The lowest BCUT2D eigenvalue weighted by atomic mass is 10.2. The highest BCUT2D eigenvalue weighted by Crippen LogP contribution is 2.21. The Kier molecular flexibility index (Phi) is 2.71. The molecule has 0 aliphatic carbocycles. The highest BCUT2D eigenvalue weighted by molar-refractivity contribution is 7.71. The van der Waals surface area contributed by atoms with Crippen LogP contribution in [0.5, 0.6) is 0 Å². The molecule has 0 aliphatic rings. The van der Waals surface area contributed by atoms with Gasteiger partial charge >= 0.3 is 0 Å². The fraction of sp³-hybridized carbons (Fsp3) is 0.143. The Morgan fingerprint density at radius 1 is 1.21 bits per heavy atom. The number of hydrogen-bond donors (Lipinski definition) is 1. The van der Waals surface area contributed by atoms with Crippen LogP contribution in [0, 0.1) is 24.4 Å². The molecular weight excluding hydrogens is 261 g/mol. The summed E-state index contributed by atoms with van der Waals surface area (Å²) in [5.41, 5.74) is 3.71. The van der Waals surface area contributed by atoms with Gasteiger partial charge in [0.15, 0.2) is 10.4 Å². The Morgan fingerprint density at radius 3 is 2.79 bits per heavy atom. The monoisotopic (exact) mass is 273 g/mol. The van der Waals surface area contributed by atoms with Gasteiger partial charge < -0.3 is 4.98 Å². The molecule has 0 unspecified atom stereocenters. The summed E-state index contributed by atoms with van der Waals surface area (Å²) in [6.45, 7) is 3.81. The van der Waals surface area contributed by atoms with Gasteiger partial charge in [0.2, 0.25) is 0 Å². The summed E-state index contributed by atoms with van der Waals surface area (Å²) < 4.78 is 16.1. The van der Waals surface area contributed by atoms with E-state index < -0.39 is 0 Å². The van der Waals surface area contributed by atoms with E-state index in [0.717, 1.165) is 16.8 Å². The number of halogens is 1. The third kappa shape index (κ3) is 1.96. The fourth-order valence-corrected chi connectivity index (χ4v) is 2.39. The Bertz CT molecular complexity index is 832. The van der Waals surface area contributed by atoms with Crippen LogP contribution in [0.4, 0.5) is 4.39 Å². The Hall–Kier alpha value is -2.01. The molecule has 5 heteroatoms. The summed E-state index contributed by atoms with van der Waals surface area (Å²) in [6, 6.07) is 8.74. The first-order chi connectivity index (χ1) is 9.06. The number of benzene rings is 1. The van der Waals surface area contributed by atoms with Crippen molar-refractivity contribution in [3.05, 3.63) is 52.2 Å². The first kappa shape index (κ1) is 12.0. The van der Waals surface area contributed by atoms with Gasteiger partial charge in [-0.25, -0.2) is 9.37 Å². The maximum absolute atomic E-state index is 14.0. The molecule has 3 rings (SSSR count). The molecule has 0 bridgehead atoms. The smallest absolute Gasteiger partial charge is 0.184 e. The van der Waals surface area contributed by atoms with Crippen molar-refractivity contribution in [3.63, 3.8) is 0 Å². The standard InChI is InChI=1S/C14H12FN3S/c1-8-3-5-10(15)12(7-8)18-13-11(17-14(18)19)6-4-9(2)16-13/h3-7H,1-2H3,(H,17,19). The molecule has 0 spiro atoms. The van der Waals surface area contributed by atoms with Gasteiger partial charge in [-0.1, -0.05) is 6.07 Å². The van der Waals surface area contributed by atoms with Crippen LogP contribution in [0.15, 0.2) is 30.3 Å². The zero-order valence-corrected chi connectivity index (χ0v) is 11.4. The van der Waals surface area contributed by atoms with E-state index in [1.54, 1.807) is 16.7 Å². The molecule has 3 nitrogen and oxygen atoms in total. The van der Waals surface area contributed by atoms with Crippen LogP contribution in [0.1, 0.15) is 11.3 Å². The lowest BCUT2D eigenvalue weighted by Crippen LogP contribution is -2.00. The highest BCUT2D eigenvalue weighted by atomic mass is 32.1. The third-order valence-corrected chi connectivity index (χ3v) is 3.30. The summed E-state index contributed by atoms with van der Waals surface area (Å²) in [5.74, 6) is -0.314. The van der Waals surface area contributed by atoms with E-state index in [0.29, 0.717) is 16.1 Å². The molecule has 1 N–H and O–H groups in total. The normalized spacial score (nSPS) is 11.1. The maximum atomic E-state index is 14.0. The molecular formula is C14H12FN3S. The lowest BCUT2D eigenvalue weighted by Gasteiger charge is -2.06. The molecule has 19 heavy (non-hydrogen) atoms. The molecule has 0 atom stereocenters. The lowest BCUT2D eigenvalue weighted by molar-refractivity contribution is 0.618. The first-order valence-electron chi connectivity index (χ1n) is 5.91. The second kappa shape index (κ2) is 4.28. The van der Waals surface area contributed by atoms with Crippen LogP contribution >= 0.6 is 12.2 Å². The largest absolute Gasteiger partial charge is 0.329 e. The molecule has 0 amide bonds. The average molecular weight is 273 g/mol. The summed E-state index contributed by atoms with van der Waals surface area (Å²) >= 11 is 5.28. The number of aromatic nitrogens is 3. The molecule has 2 aromatic heterocycles. The minimum atomic E-state index is -0.314. The SMILES string of the molecule is Cc1ccc(F)c(-n2c(=S)[nH]c3ccc(C)nc32)c1. The molecule has 1 aromatic carbocycles. The molecule has 3 aromatic rings. The van der Waals surface area contributed by atoms with Gasteiger partial charge in [-0.05, 0) is 55.9 Å². The van der Waals surface area contributed by atoms with Crippen molar-refractivity contribution >= 4 is 23.4 Å². The van der Waals surface area contributed by atoms with Crippen molar-refractivity contribution in [3.8, 4) is 5.69 Å². The van der Waals surface area contributed by atoms with E-state index in [9.17, 15) is 4.39 Å². The second-order valence-corrected chi connectivity index (χ2v) is 4.93. The van der Waals surface area contributed by atoms with Crippen LogP contribution in [-0.4, -0.2) is 14.5 Å². The van der Waals surface area contributed by atoms with Gasteiger partial charge in [-0.2, -0.15) is 0 Å². The number of pyridine rings is 1. The third-order valence-electron chi connectivity index (χ3n) is 3.01. The fourth-order valence-electron chi connectivity index (χ4n) is 2.10. The Balaban J connectivity index is 2.42. The zero-order valence-electron chi connectivity index (χ0n) is 10.6. The summed E-state index contributed by atoms with van der Waals surface area (Å²) in [4.78, 5) is 7.49. The molecule has 0 aliphatic heterocycles. The van der Waals surface area contributed by atoms with Gasteiger partial charge in [0.1, 0.15) is 5.82 Å². The van der Waals surface area contributed by atoms with Gasteiger partial charge in [-0.15, -0.1) is 0 Å². The summed E-state index contributed by atoms with van der Waals surface area (Å²) in [5, 5.41) is 0. The van der Waals surface area contributed by atoms with Gasteiger partial charge in [0.05, 0.1) is 11.2 Å². The van der Waals surface area contributed by atoms with E-state index in [4.69, 9.17) is 12.2 Å². The number of imidazole rings is 1. The summed E-state index contributed by atoms with van der Waals surface area (Å²) in [6.07, 6.45) is 0. The van der Waals surface area contributed by atoms with E-state index in [-0.39, 0.29) is 5.82 Å². The number of hydrogen-bond acceptors (Lipinski definition) is 2.